The van der Waals surface area contributed by atoms with E-state index in [1.807, 2.05) is 0 Å². The maximum atomic E-state index is 13.3. The number of nitrogens with zero attached hydrogens (tertiary/aromatic N) is 2. The number of rotatable bonds is 8. The summed E-state index contributed by atoms with van der Waals surface area (Å²) in [6.45, 7) is 0.413. The van der Waals surface area contributed by atoms with Crippen molar-refractivity contribution in [2.75, 3.05) is 34.8 Å². The molecule has 0 atom stereocenters. The van der Waals surface area contributed by atoms with Gasteiger partial charge < -0.3 is 4.90 Å². The lowest BCUT2D eigenvalue weighted by atomic mass is 10.1. The van der Waals surface area contributed by atoms with Gasteiger partial charge in [-0.2, -0.15) is 0 Å². The smallest absolute Gasteiger partial charge is 0.260 e. The molecule has 1 heterocycles. The molecule has 0 radical (unpaired) electrons. The highest BCUT2D eigenvalue weighted by molar-refractivity contribution is 7.92. The minimum Gasteiger partial charge on any atom is -0.308 e. The first kappa shape index (κ1) is 22.8. The minimum atomic E-state index is -3.53. The van der Waals surface area contributed by atoms with E-state index in [1.165, 1.54) is 19.9 Å². The van der Waals surface area contributed by atoms with Crippen LogP contribution in [-0.2, 0) is 26.3 Å². The molecule has 1 aliphatic heterocycles. The number of fused-ring (bicyclic) bond motifs is 1. The Morgan fingerprint density at radius 2 is 1.81 bits per heavy atom. The summed E-state index contributed by atoms with van der Waals surface area (Å²) in [5, 5.41) is 0. The summed E-state index contributed by atoms with van der Waals surface area (Å²) in [6.07, 6.45) is 5.72. The number of hydrogen-bond donors (Lipinski definition) is 0. The zero-order valence-electron chi connectivity index (χ0n) is 18.3. The van der Waals surface area contributed by atoms with Crippen LogP contribution in [0.15, 0.2) is 47.4 Å². The quantitative estimate of drug-likeness (QED) is 0.583. The predicted molar refractivity (Wildman–Crippen MR) is 126 cm³/mol. The predicted octanol–water partition coefficient (Wildman–Crippen LogP) is 3.25. The van der Waals surface area contributed by atoms with E-state index in [2.05, 4.69) is 0 Å². The second-order valence-corrected chi connectivity index (χ2v) is 12.8. The zero-order valence-corrected chi connectivity index (χ0v) is 20.0. The van der Waals surface area contributed by atoms with Gasteiger partial charge in [-0.1, -0.05) is 25.0 Å². The first-order chi connectivity index (χ1) is 15.1. The zero-order chi connectivity index (χ0) is 23.1. The van der Waals surface area contributed by atoms with E-state index in [0.29, 0.717) is 41.6 Å². The van der Waals surface area contributed by atoms with Gasteiger partial charge in [-0.15, -0.1) is 0 Å². The molecular formula is C23H28N2O5S2. The van der Waals surface area contributed by atoms with Crippen LogP contribution in [0.5, 0.6) is 0 Å². The van der Waals surface area contributed by atoms with E-state index in [1.54, 1.807) is 47.4 Å². The van der Waals surface area contributed by atoms with Crippen LogP contribution in [0, 0.1) is 5.92 Å². The summed E-state index contributed by atoms with van der Waals surface area (Å²) in [5.74, 6) is 0.542. The lowest BCUT2D eigenvalue weighted by Gasteiger charge is -2.23. The largest absolute Gasteiger partial charge is 0.308 e. The van der Waals surface area contributed by atoms with Crippen LogP contribution in [0.4, 0.5) is 11.4 Å². The van der Waals surface area contributed by atoms with E-state index in [0.717, 1.165) is 22.5 Å². The molecular weight excluding hydrogens is 448 g/mol. The van der Waals surface area contributed by atoms with Gasteiger partial charge in [-0.05, 0) is 61.1 Å². The van der Waals surface area contributed by atoms with Crippen molar-refractivity contribution in [3.63, 3.8) is 0 Å². The Kier molecular flexibility index (Phi) is 6.06. The maximum absolute atomic E-state index is 13.3. The molecule has 172 valence electrons. The summed E-state index contributed by atoms with van der Waals surface area (Å²) < 4.78 is 50.6. The van der Waals surface area contributed by atoms with Gasteiger partial charge in [0.2, 0.25) is 10.0 Å². The lowest BCUT2D eigenvalue weighted by Crippen LogP contribution is -2.32. The average molecular weight is 477 g/mol. The van der Waals surface area contributed by atoms with Crippen LogP contribution in [0.2, 0.25) is 0 Å². The number of hydrogen-bond acceptors (Lipinski definition) is 5. The van der Waals surface area contributed by atoms with Gasteiger partial charge in [0, 0.05) is 19.3 Å². The fourth-order valence-corrected chi connectivity index (χ4v) is 6.02. The van der Waals surface area contributed by atoms with Gasteiger partial charge >= 0.3 is 0 Å². The second-order valence-electron chi connectivity index (χ2n) is 8.65. The first-order valence-electron chi connectivity index (χ1n) is 10.8. The van der Waals surface area contributed by atoms with Crippen LogP contribution in [0.1, 0.15) is 41.6 Å². The summed E-state index contributed by atoms with van der Waals surface area (Å²) in [4.78, 5) is 15.2. The molecule has 2 aromatic rings. The molecule has 2 aromatic carbocycles. The van der Waals surface area contributed by atoms with Crippen LogP contribution in [0.25, 0.3) is 0 Å². The Hall–Kier alpha value is -2.39. The van der Waals surface area contributed by atoms with Crippen molar-refractivity contribution >= 4 is 37.1 Å². The number of amides is 1. The highest BCUT2D eigenvalue weighted by atomic mass is 32.2. The molecule has 9 heteroatoms. The number of sulfonamides is 1. The number of anilines is 2. The van der Waals surface area contributed by atoms with Crippen molar-refractivity contribution in [3.05, 3.63) is 53.6 Å². The second kappa shape index (κ2) is 8.51. The molecule has 4 rings (SSSR count). The van der Waals surface area contributed by atoms with Crippen LogP contribution < -0.4 is 9.21 Å². The number of carbonyl (C=O) groups excluding carboxylic acids is 1. The van der Waals surface area contributed by atoms with E-state index in [9.17, 15) is 21.6 Å². The Morgan fingerprint density at radius 1 is 1.09 bits per heavy atom. The normalized spacial score (nSPS) is 16.1. The molecule has 0 unspecified atom stereocenters. The Labute approximate surface area is 190 Å². The van der Waals surface area contributed by atoms with Crippen LogP contribution >= 0.6 is 0 Å². The number of benzene rings is 2. The van der Waals surface area contributed by atoms with Crippen LogP contribution in [-0.4, -0.2) is 48.3 Å². The fourth-order valence-electron chi connectivity index (χ4n) is 4.12. The molecule has 0 bridgehead atoms. The average Bonchev–Trinajstić information content (AvgIpc) is 3.47. The van der Waals surface area contributed by atoms with E-state index in [-0.39, 0.29) is 17.2 Å². The van der Waals surface area contributed by atoms with Crippen molar-refractivity contribution in [3.8, 4) is 0 Å². The van der Waals surface area contributed by atoms with Crippen molar-refractivity contribution in [1.82, 2.24) is 0 Å². The Morgan fingerprint density at radius 3 is 2.50 bits per heavy atom. The monoisotopic (exact) mass is 476 g/mol. The Balaban J connectivity index is 1.57. The Bertz CT molecular complexity index is 1250. The highest BCUT2D eigenvalue weighted by Gasteiger charge is 2.30. The molecule has 2 aliphatic rings. The van der Waals surface area contributed by atoms with Crippen molar-refractivity contribution in [2.45, 2.75) is 37.0 Å². The van der Waals surface area contributed by atoms with Gasteiger partial charge in [-0.25, -0.2) is 16.8 Å². The van der Waals surface area contributed by atoms with Gasteiger partial charge in [0.05, 0.1) is 28.2 Å². The third kappa shape index (κ3) is 4.68. The third-order valence-corrected chi connectivity index (χ3v) is 9.23. The molecule has 0 saturated heterocycles. The van der Waals surface area contributed by atoms with Gasteiger partial charge in [0.1, 0.15) is 0 Å². The molecule has 0 spiro atoms. The molecule has 1 fully saturated rings. The summed E-state index contributed by atoms with van der Waals surface area (Å²) in [7, 11) is -5.47. The number of para-hydroxylation sites is 1. The van der Waals surface area contributed by atoms with E-state index >= 15 is 0 Å². The van der Waals surface area contributed by atoms with Crippen molar-refractivity contribution in [1.29, 1.82) is 0 Å². The number of carbonyl (C=O) groups is 1. The molecule has 32 heavy (non-hydrogen) atoms. The van der Waals surface area contributed by atoms with Gasteiger partial charge in [0.15, 0.2) is 9.84 Å². The van der Waals surface area contributed by atoms with Crippen molar-refractivity contribution in [2.24, 2.45) is 5.92 Å². The highest BCUT2D eigenvalue weighted by Crippen LogP contribution is 2.35. The van der Waals surface area contributed by atoms with E-state index in [4.69, 9.17) is 0 Å². The van der Waals surface area contributed by atoms with Gasteiger partial charge in [0.25, 0.3) is 5.91 Å². The lowest BCUT2D eigenvalue weighted by molar-refractivity contribution is 0.0990. The standard InChI is InChI=1S/C23H28N2O5S2/c1-24(31(2,27)28)22-8-4-3-7-20(22)23(26)25-14-13-18-16-19(11-12-21(18)25)32(29,30)15-5-6-17-9-10-17/h3-4,7-8,11-12,16-17H,5-6,9-10,13-15H2,1-2H3. The fraction of sp³-hybridized carbons (Fsp3) is 0.435. The third-order valence-electron chi connectivity index (χ3n) is 6.24. The SMILES string of the molecule is CN(c1ccccc1C(=O)N1CCc2cc(S(=O)(=O)CCCC3CC3)ccc21)S(C)(=O)=O. The van der Waals surface area contributed by atoms with Gasteiger partial charge in [-0.3, -0.25) is 9.10 Å². The minimum absolute atomic E-state index is 0.149. The molecule has 1 aliphatic carbocycles. The topological polar surface area (TPSA) is 91.8 Å². The molecule has 1 saturated carbocycles. The summed E-state index contributed by atoms with van der Waals surface area (Å²) in [6, 6.07) is 11.5. The van der Waals surface area contributed by atoms with E-state index < -0.39 is 19.9 Å². The first-order valence-corrected chi connectivity index (χ1v) is 14.3. The van der Waals surface area contributed by atoms with Crippen molar-refractivity contribution < 1.29 is 21.6 Å². The molecule has 0 aromatic heterocycles. The maximum Gasteiger partial charge on any atom is 0.260 e. The molecule has 7 nitrogen and oxygen atoms in total. The summed E-state index contributed by atoms with van der Waals surface area (Å²) >= 11 is 0. The van der Waals surface area contributed by atoms with Crippen LogP contribution in [0.3, 0.4) is 0 Å². The molecule has 0 N–H and O–H groups in total. The molecule has 1 amide bonds. The number of sulfone groups is 1. The summed E-state index contributed by atoms with van der Waals surface area (Å²) in [5.41, 5.74) is 2.08.